The van der Waals surface area contributed by atoms with Crippen LogP contribution in [0.3, 0.4) is 0 Å². The molecule has 3 aliphatic carbocycles. The van der Waals surface area contributed by atoms with E-state index >= 15 is 0 Å². The number of phenols is 1. The number of amides is 1. The van der Waals surface area contributed by atoms with E-state index in [1.54, 1.807) is 6.07 Å². The van der Waals surface area contributed by atoms with E-state index in [0.717, 1.165) is 25.7 Å². The first-order valence-electron chi connectivity index (χ1n) is 13.3. The summed E-state index contributed by atoms with van der Waals surface area (Å²) in [5, 5.41) is 34.1. The molecule has 11 nitrogen and oxygen atoms in total. The number of ketones is 4. The molecule has 0 radical (unpaired) electrons. The van der Waals surface area contributed by atoms with Gasteiger partial charge in [-0.1, -0.05) is 38.3 Å². The third-order valence-corrected chi connectivity index (χ3v) is 8.59. The second-order valence-corrected chi connectivity index (χ2v) is 11.1. The Morgan fingerprint density at radius 3 is 2.41 bits per heavy atom. The molecule has 1 aromatic rings. The molecule has 2 saturated carbocycles. The summed E-state index contributed by atoms with van der Waals surface area (Å²) in [6, 6.07) is 3.02. The Labute approximate surface area is 226 Å². The first kappa shape index (κ1) is 29.0. The number of benzene rings is 1. The summed E-state index contributed by atoms with van der Waals surface area (Å²) in [7, 11) is 2.91. The predicted octanol–water partition coefficient (Wildman–Crippen LogP) is -0.0242. The number of carbonyl (C=O) groups excluding carboxylic acids is 5. The quantitative estimate of drug-likeness (QED) is 0.243. The van der Waals surface area contributed by atoms with Gasteiger partial charge in [0.1, 0.15) is 5.75 Å². The van der Waals surface area contributed by atoms with Gasteiger partial charge in [0, 0.05) is 18.4 Å². The van der Waals surface area contributed by atoms with E-state index in [9.17, 15) is 39.3 Å². The van der Waals surface area contributed by atoms with Crippen LogP contribution < -0.4 is 5.73 Å². The van der Waals surface area contributed by atoms with E-state index in [0.29, 0.717) is 12.2 Å². The van der Waals surface area contributed by atoms with Crippen molar-refractivity contribution >= 4 is 29.0 Å². The van der Waals surface area contributed by atoms with Crippen molar-refractivity contribution in [2.45, 2.75) is 56.3 Å². The summed E-state index contributed by atoms with van der Waals surface area (Å²) in [5.74, 6) is -13.6. The topological polar surface area (TPSA) is 185 Å². The fraction of sp³-hybridized carbons (Fsp3) is 0.607. The van der Waals surface area contributed by atoms with E-state index in [1.165, 1.54) is 31.1 Å². The fourth-order valence-electron chi connectivity index (χ4n) is 6.81. The number of aliphatic hydroxyl groups is 2. The van der Waals surface area contributed by atoms with Crippen LogP contribution in [0.4, 0.5) is 0 Å². The second kappa shape index (κ2) is 10.9. The van der Waals surface area contributed by atoms with Crippen LogP contribution in [-0.4, -0.2) is 94.3 Å². The molecule has 0 bridgehead atoms. The summed E-state index contributed by atoms with van der Waals surface area (Å²) in [4.78, 5) is 67.9. The monoisotopic (exact) mass is 544 g/mol. The smallest absolute Gasteiger partial charge is 0.235 e. The molecule has 4 rings (SSSR count). The number of nitrogens with zero attached hydrogens (tertiary/aromatic N) is 1. The number of hydrogen-bond acceptors (Lipinski definition) is 10. The van der Waals surface area contributed by atoms with Gasteiger partial charge in [-0.15, -0.1) is 0 Å². The Morgan fingerprint density at radius 2 is 1.79 bits per heavy atom. The van der Waals surface area contributed by atoms with Gasteiger partial charge in [0.15, 0.2) is 34.7 Å². The maximum atomic E-state index is 14.0. The van der Waals surface area contributed by atoms with Crippen LogP contribution in [0.15, 0.2) is 18.2 Å². The number of likely N-dealkylation sites (N-methyl/N-ethyl adjacent to an activating group) is 1. The fourth-order valence-corrected chi connectivity index (χ4v) is 6.81. The third kappa shape index (κ3) is 4.41. The summed E-state index contributed by atoms with van der Waals surface area (Å²) in [6.45, 7) is 2.47. The molecule has 0 saturated heterocycles. The molecule has 8 atom stereocenters. The zero-order chi connectivity index (χ0) is 28.8. The Bertz CT molecular complexity index is 1200. The van der Waals surface area contributed by atoms with Crippen LogP contribution in [0.1, 0.15) is 54.4 Å². The van der Waals surface area contributed by atoms with Crippen molar-refractivity contribution in [3.8, 4) is 5.75 Å². The largest absolute Gasteiger partial charge is 0.507 e. The molecule has 39 heavy (non-hydrogen) atoms. The van der Waals surface area contributed by atoms with E-state index in [-0.39, 0.29) is 17.9 Å². The number of ether oxygens (including phenoxy) is 1. The molecule has 3 aliphatic rings. The second-order valence-electron chi connectivity index (χ2n) is 11.1. The van der Waals surface area contributed by atoms with Gasteiger partial charge in [-0.25, -0.2) is 0 Å². The molecule has 0 spiro atoms. The maximum absolute atomic E-state index is 14.0. The van der Waals surface area contributed by atoms with Crippen LogP contribution in [0.5, 0.6) is 5.75 Å². The first-order valence-corrected chi connectivity index (χ1v) is 13.3. The number of unbranched alkanes of at least 4 members (excludes halogenated alkanes) is 3. The van der Waals surface area contributed by atoms with Gasteiger partial charge in [0.25, 0.3) is 0 Å². The summed E-state index contributed by atoms with van der Waals surface area (Å²) < 4.78 is 5.93. The minimum Gasteiger partial charge on any atom is -0.507 e. The lowest BCUT2D eigenvalue weighted by molar-refractivity contribution is -0.197. The Hall–Kier alpha value is -2.99. The summed E-state index contributed by atoms with van der Waals surface area (Å²) in [5.41, 5.74) is 2.54. The minimum absolute atomic E-state index is 0.00898. The van der Waals surface area contributed by atoms with Crippen molar-refractivity contribution in [1.29, 1.82) is 0 Å². The van der Waals surface area contributed by atoms with Crippen LogP contribution in [-0.2, 0) is 23.9 Å². The zero-order valence-corrected chi connectivity index (χ0v) is 22.3. The standard InChI is InChI=1S/C28H36N2O9/c1-4-5-6-7-11-39-12-14-13-9-8-10-15(31)16(13)22(32)18-17(14)23(33)20-21(30(2)3)24(34)19(27(29)37)26(36)28(20,38)25(18)35/h8-10,14,17-21,23,31,33,38H,4-7,11-12H2,1-3H3,(H2,29,37)/t14-,17+,18?,19?,20+,21-,23-,28-/m1/s1. The third-order valence-electron chi connectivity index (χ3n) is 8.59. The molecule has 0 aliphatic heterocycles. The SMILES string of the molecule is CCCCCCOC[C@@H]1c2cccc(O)c2C(=O)C2C(=O)[C@@]3(O)C(=O)C(C(N)=O)C(=O)[C@H](N(C)C)[C@H]3[C@H](O)[C@H]21. The van der Waals surface area contributed by atoms with Crippen molar-refractivity contribution in [3.63, 3.8) is 0 Å². The van der Waals surface area contributed by atoms with E-state index < -0.39 is 76.4 Å². The van der Waals surface area contributed by atoms with Crippen molar-refractivity contribution in [3.05, 3.63) is 29.3 Å². The Balaban J connectivity index is 1.83. The van der Waals surface area contributed by atoms with Gasteiger partial charge in [-0.3, -0.25) is 28.9 Å². The van der Waals surface area contributed by atoms with Gasteiger partial charge in [-0.2, -0.15) is 0 Å². The Kier molecular flexibility index (Phi) is 8.09. The number of carbonyl (C=O) groups is 5. The van der Waals surface area contributed by atoms with Gasteiger partial charge in [0.05, 0.1) is 36.2 Å². The first-order chi connectivity index (χ1) is 18.4. The van der Waals surface area contributed by atoms with Gasteiger partial charge in [-0.05, 0) is 32.1 Å². The van der Waals surface area contributed by atoms with Gasteiger partial charge >= 0.3 is 0 Å². The molecular formula is C28H36N2O9. The minimum atomic E-state index is -3.02. The normalized spacial score (nSPS) is 34.1. The number of aliphatic hydroxyl groups excluding tert-OH is 1. The van der Waals surface area contributed by atoms with Crippen LogP contribution in [0, 0.1) is 23.7 Å². The molecule has 0 aromatic heterocycles. The van der Waals surface area contributed by atoms with Crippen molar-refractivity contribution < 1.29 is 44.0 Å². The lowest BCUT2D eigenvalue weighted by Gasteiger charge is -2.56. The molecule has 1 amide bonds. The molecule has 2 unspecified atom stereocenters. The number of Topliss-reactive ketones (excluding diaryl/α,β-unsaturated/α-hetero) is 4. The Morgan fingerprint density at radius 1 is 1.10 bits per heavy atom. The zero-order valence-electron chi connectivity index (χ0n) is 22.3. The number of phenolic OH excluding ortho intramolecular Hbond substituents is 1. The van der Waals surface area contributed by atoms with Crippen LogP contribution >= 0.6 is 0 Å². The molecule has 5 N–H and O–H groups in total. The van der Waals surface area contributed by atoms with Crippen LogP contribution in [0.25, 0.3) is 0 Å². The lowest BCUT2D eigenvalue weighted by Crippen LogP contribution is -2.77. The number of fused-ring (bicyclic) bond motifs is 3. The highest BCUT2D eigenvalue weighted by atomic mass is 16.5. The van der Waals surface area contributed by atoms with E-state index in [2.05, 4.69) is 6.92 Å². The lowest BCUT2D eigenvalue weighted by atomic mass is 9.49. The number of nitrogens with two attached hydrogens (primary N) is 1. The van der Waals surface area contributed by atoms with Crippen LogP contribution in [0.2, 0.25) is 0 Å². The highest BCUT2D eigenvalue weighted by Gasteiger charge is 2.73. The van der Waals surface area contributed by atoms with E-state index in [1.807, 2.05) is 0 Å². The average Bonchev–Trinajstić information content (AvgIpc) is 2.87. The predicted molar refractivity (Wildman–Crippen MR) is 137 cm³/mol. The number of primary amides is 1. The van der Waals surface area contributed by atoms with Gasteiger partial charge < -0.3 is 25.8 Å². The number of aromatic hydroxyl groups is 1. The molecular weight excluding hydrogens is 508 g/mol. The van der Waals surface area contributed by atoms with Gasteiger partial charge in [0.2, 0.25) is 5.91 Å². The molecule has 1 aromatic carbocycles. The average molecular weight is 545 g/mol. The number of rotatable bonds is 9. The molecule has 2 fully saturated rings. The molecule has 11 heteroatoms. The van der Waals surface area contributed by atoms with Crippen molar-refractivity contribution in [2.24, 2.45) is 29.4 Å². The highest BCUT2D eigenvalue weighted by Crippen LogP contribution is 2.54. The number of hydrogen-bond donors (Lipinski definition) is 4. The maximum Gasteiger partial charge on any atom is 0.235 e. The van der Waals surface area contributed by atoms with Crippen molar-refractivity contribution in [2.75, 3.05) is 27.3 Å². The van der Waals surface area contributed by atoms with Crippen molar-refractivity contribution in [1.82, 2.24) is 4.90 Å². The highest BCUT2D eigenvalue weighted by molar-refractivity contribution is 6.32. The summed E-state index contributed by atoms with van der Waals surface area (Å²) in [6.07, 6.45) is 2.12. The summed E-state index contributed by atoms with van der Waals surface area (Å²) >= 11 is 0. The molecule has 212 valence electrons. The molecule has 0 heterocycles. The van der Waals surface area contributed by atoms with E-state index in [4.69, 9.17) is 10.5 Å².